The highest BCUT2D eigenvalue weighted by molar-refractivity contribution is 7.09. The summed E-state index contributed by atoms with van der Waals surface area (Å²) in [5, 5.41) is 23.7. The van der Waals surface area contributed by atoms with E-state index in [4.69, 9.17) is 9.84 Å². The summed E-state index contributed by atoms with van der Waals surface area (Å²) < 4.78 is 10.3. The highest BCUT2D eigenvalue weighted by atomic mass is 32.1. The Morgan fingerprint density at radius 1 is 1.67 bits per heavy atom. The molecule has 96 valence electrons. The maximum Gasteiger partial charge on any atom is 0.306 e. The maximum absolute atomic E-state index is 10.7. The van der Waals surface area contributed by atoms with Crippen LogP contribution in [0.3, 0.4) is 0 Å². The zero-order valence-corrected chi connectivity index (χ0v) is 10.2. The number of hydrogen-bond donors (Lipinski definition) is 1. The molecule has 18 heavy (non-hydrogen) atoms. The fourth-order valence-electron chi connectivity index (χ4n) is 1.38. The number of carboxylic acid groups (broad SMARTS) is 1. The first kappa shape index (κ1) is 12.5. The monoisotopic (exact) mass is 270 g/mol. The summed E-state index contributed by atoms with van der Waals surface area (Å²) in [7, 11) is 1.45. The standard InChI is InChI=1S/C8H10N6O3S/c1-17-5(2-7(15)16)4-14-8(10-11-12-14)6-3-9-13-18-6/h3,5H,2,4H2,1H3,(H,15,16). The van der Waals surface area contributed by atoms with Crippen LogP contribution in [-0.2, 0) is 16.1 Å². The summed E-state index contributed by atoms with van der Waals surface area (Å²) in [6.07, 6.45) is 0.938. The molecule has 0 bridgehead atoms. The van der Waals surface area contributed by atoms with Gasteiger partial charge in [-0.3, -0.25) is 4.79 Å². The second-order valence-electron chi connectivity index (χ2n) is 3.42. The molecule has 0 amide bonds. The molecule has 9 nitrogen and oxygen atoms in total. The van der Waals surface area contributed by atoms with E-state index in [1.807, 2.05) is 0 Å². The number of rotatable bonds is 6. The number of carboxylic acids is 1. The van der Waals surface area contributed by atoms with Crippen molar-refractivity contribution in [1.82, 2.24) is 29.8 Å². The Balaban J connectivity index is 2.14. The maximum atomic E-state index is 10.7. The lowest BCUT2D eigenvalue weighted by molar-refractivity contribution is -0.139. The number of carbonyl (C=O) groups is 1. The number of aliphatic carboxylic acids is 1. The minimum atomic E-state index is -0.934. The van der Waals surface area contributed by atoms with E-state index < -0.39 is 12.1 Å². The molecular weight excluding hydrogens is 260 g/mol. The van der Waals surface area contributed by atoms with Crippen LogP contribution < -0.4 is 0 Å². The molecule has 0 aromatic carbocycles. The molecular formula is C8H10N6O3S. The largest absolute Gasteiger partial charge is 0.481 e. The lowest BCUT2D eigenvalue weighted by atomic mass is 10.2. The van der Waals surface area contributed by atoms with E-state index in [1.165, 1.54) is 11.8 Å². The number of hydrogen-bond acceptors (Lipinski definition) is 8. The van der Waals surface area contributed by atoms with Gasteiger partial charge in [0, 0.05) is 7.11 Å². The molecule has 1 N–H and O–H groups in total. The van der Waals surface area contributed by atoms with Gasteiger partial charge in [0.1, 0.15) is 4.88 Å². The topological polar surface area (TPSA) is 116 Å². The number of ether oxygens (including phenoxy) is 1. The zero-order valence-electron chi connectivity index (χ0n) is 9.42. The van der Waals surface area contributed by atoms with Gasteiger partial charge in [-0.05, 0) is 22.0 Å². The molecule has 0 saturated heterocycles. The highest BCUT2D eigenvalue weighted by Crippen LogP contribution is 2.18. The lowest BCUT2D eigenvalue weighted by Gasteiger charge is -2.12. The minimum Gasteiger partial charge on any atom is -0.481 e. The van der Waals surface area contributed by atoms with Crippen LogP contribution >= 0.6 is 11.5 Å². The summed E-state index contributed by atoms with van der Waals surface area (Å²) in [5.74, 6) is -0.437. The molecule has 0 aliphatic carbocycles. The summed E-state index contributed by atoms with van der Waals surface area (Å²) in [4.78, 5) is 11.4. The number of methoxy groups -OCH3 is 1. The molecule has 2 aromatic heterocycles. The van der Waals surface area contributed by atoms with E-state index in [-0.39, 0.29) is 13.0 Å². The Morgan fingerprint density at radius 2 is 2.50 bits per heavy atom. The van der Waals surface area contributed by atoms with Gasteiger partial charge in [0.2, 0.25) is 0 Å². The molecule has 0 aliphatic heterocycles. The van der Waals surface area contributed by atoms with Gasteiger partial charge in [-0.1, -0.05) is 4.49 Å². The summed E-state index contributed by atoms with van der Waals surface area (Å²) in [6, 6.07) is 0. The number of aromatic nitrogens is 6. The third-order valence-electron chi connectivity index (χ3n) is 2.23. The first-order valence-corrected chi connectivity index (χ1v) is 5.76. The summed E-state index contributed by atoms with van der Waals surface area (Å²) in [6.45, 7) is 0.253. The third kappa shape index (κ3) is 2.84. The quantitative estimate of drug-likeness (QED) is 0.759. The van der Waals surface area contributed by atoms with Crippen molar-refractivity contribution in [2.45, 2.75) is 19.1 Å². The smallest absolute Gasteiger partial charge is 0.306 e. The van der Waals surface area contributed by atoms with Crippen molar-refractivity contribution in [2.24, 2.45) is 0 Å². The van der Waals surface area contributed by atoms with Crippen LogP contribution in [0.2, 0.25) is 0 Å². The lowest BCUT2D eigenvalue weighted by Crippen LogP contribution is -2.23. The first-order valence-electron chi connectivity index (χ1n) is 4.99. The van der Waals surface area contributed by atoms with Crippen molar-refractivity contribution in [3.63, 3.8) is 0 Å². The molecule has 2 aromatic rings. The van der Waals surface area contributed by atoms with Crippen molar-refractivity contribution < 1.29 is 14.6 Å². The predicted molar refractivity (Wildman–Crippen MR) is 59.8 cm³/mol. The van der Waals surface area contributed by atoms with Gasteiger partial charge in [0.05, 0.1) is 25.3 Å². The fourth-order valence-corrected chi connectivity index (χ4v) is 1.88. The third-order valence-corrected chi connectivity index (χ3v) is 2.89. The number of tetrazole rings is 1. The second-order valence-corrected chi connectivity index (χ2v) is 4.21. The van der Waals surface area contributed by atoms with E-state index in [1.54, 1.807) is 6.20 Å². The van der Waals surface area contributed by atoms with E-state index >= 15 is 0 Å². The van der Waals surface area contributed by atoms with Crippen LogP contribution in [0, 0.1) is 0 Å². The van der Waals surface area contributed by atoms with Crippen LogP contribution in [0.25, 0.3) is 10.7 Å². The van der Waals surface area contributed by atoms with Crippen LogP contribution in [-0.4, -0.2) is 54.1 Å². The van der Waals surface area contributed by atoms with Crippen molar-refractivity contribution in [3.8, 4) is 10.7 Å². The molecule has 2 rings (SSSR count). The average Bonchev–Trinajstić information content (AvgIpc) is 2.96. The van der Waals surface area contributed by atoms with Crippen LogP contribution in [0.4, 0.5) is 0 Å². The van der Waals surface area contributed by atoms with E-state index in [0.29, 0.717) is 10.7 Å². The van der Waals surface area contributed by atoms with Crippen LogP contribution in [0.1, 0.15) is 6.42 Å². The summed E-state index contributed by atoms with van der Waals surface area (Å²) in [5.41, 5.74) is 0. The van der Waals surface area contributed by atoms with E-state index in [0.717, 1.165) is 11.5 Å². The van der Waals surface area contributed by atoms with Gasteiger partial charge >= 0.3 is 5.97 Å². The van der Waals surface area contributed by atoms with Crippen molar-refractivity contribution in [2.75, 3.05) is 7.11 Å². The minimum absolute atomic E-state index is 0.114. The SMILES string of the molecule is COC(CC(=O)O)Cn1nnnc1-c1cnns1. The normalized spacial score (nSPS) is 12.5. The molecule has 0 fully saturated rings. The van der Waals surface area contributed by atoms with Crippen molar-refractivity contribution in [3.05, 3.63) is 6.20 Å². The zero-order chi connectivity index (χ0) is 13.0. The molecule has 0 aliphatic rings. The van der Waals surface area contributed by atoms with E-state index in [2.05, 4.69) is 25.1 Å². The Bertz CT molecular complexity index is 513. The average molecular weight is 270 g/mol. The molecule has 0 spiro atoms. The Labute approximate surface area is 106 Å². The Kier molecular flexibility index (Phi) is 3.89. The predicted octanol–water partition coefficient (Wildman–Crippen LogP) is -0.319. The molecule has 10 heteroatoms. The summed E-state index contributed by atoms with van der Waals surface area (Å²) >= 11 is 1.16. The first-order chi connectivity index (χ1) is 8.70. The van der Waals surface area contributed by atoms with Gasteiger partial charge < -0.3 is 9.84 Å². The second kappa shape index (κ2) is 5.60. The van der Waals surface area contributed by atoms with Crippen LogP contribution in [0.5, 0.6) is 0 Å². The van der Waals surface area contributed by atoms with Gasteiger partial charge in [-0.15, -0.1) is 10.2 Å². The van der Waals surface area contributed by atoms with Crippen LogP contribution in [0.15, 0.2) is 6.20 Å². The molecule has 0 saturated carbocycles. The van der Waals surface area contributed by atoms with Crippen molar-refractivity contribution in [1.29, 1.82) is 0 Å². The van der Waals surface area contributed by atoms with Gasteiger partial charge in [-0.25, -0.2) is 4.68 Å². The Morgan fingerprint density at radius 3 is 3.11 bits per heavy atom. The van der Waals surface area contributed by atoms with Gasteiger partial charge in [0.15, 0.2) is 5.82 Å². The van der Waals surface area contributed by atoms with Gasteiger partial charge in [-0.2, -0.15) is 0 Å². The highest BCUT2D eigenvalue weighted by Gasteiger charge is 2.18. The molecule has 2 heterocycles. The van der Waals surface area contributed by atoms with E-state index in [9.17, 15) is 4.79 Å². The van der Waals surface area contributed by atoms with Crippen molar-refractivity contribution >= 4 is 17.5 Å². The Hall–Kier alpha value is -1.94. The number of nitrogens with zero attached hydrogens (tertiary/aromatic N) is 6. The fraction of sp³-hybridized carbons (Fsp3) is 0.500. The molecule has 1 unspecified atom stereocenters. The molecule has 1 atom stereocenters. The van der Waals surface area contributed by atoms with Gasteiger partial charge in [0.25, 0.3) is 0 Å². The molecule has 0 radical (unpaired) electrons.